The van der Waals surface area contributed by atoms with Crippen LogP contribution in [-0.4, -0.2) is 34.7 Å². The molecule has 176 valence electrons. The predicted octanol–water partition coefficient (Wildman–Crippen LogP) is 4.38. The van der Waals surface area contributed by atoms with Crippen molar-refractivity contribution >= 4 is 17.6 Å². The number of methoxy groups -OCH3 is 1. The summed E-state index contributed by atoms with van der Waals surface area (Å²) in [5, 5.41) is 10.8. The van der Waals surface area contributed by atoms with Gasteiger partial charge >= 0.3 is 0 Å². The smallest absolute Gasteiger partial charge is 0.251 e. The second-order valence-electron chi connectivity index (χ2n) is 8.66. The van der Waals surface area contributed by atoms with Crippen molar-refractivity contribution in [2.45, 2.75) is 25.8 Å². The van der Waals surface area contributed by atoms with E-state index in [0.717, 1.165) is 28.1 Å². The third kappa shape index (κ3) is 4.17. The third-order valence-electron chi connectivity index (χ3n) is 6.33. The molecule has 0 radical (unpaired) electrons. The van der Waals surface area contributed by atoms with Crippen LogP contribution in [-0.2, 0) is 4.79 Å². The van der Waals surface area contributed by atoms with Gasteiger partial charge in [-0.3, -0.25) is 9.59 Å². The van der Waals surface area contributed by atoms with Gasteiger partial charge in [-0.25, -0.2) is 4.68 Å². The average molecular weight is 467 g/mol. The molecule has 0 aliphatic carbocycles. The van der Waals surface area contributed by atoms with E-state index in [1.807, 2.05) is 68.4 Å². The largest absolute Gasteiger partial charge is 0.497 e. The van der Waals surface area contributed by atoms with Crippen LogP contribution in [0.3, 0.4) is 0 Å². The molecule has 5 rings (SSSR count). The molecule has 0 saturated carbocycles. The molecule has 1 aliphatic rings. The maximum Gasteiger partial charge on any atom is 0.251 e. The number of nitrogens with zero attached hydrogens (tertiary/aromatic N) is 2. The lowest BCUT2D eigenvalue weighted by atomic mass is 9.81. The van der Waals surface area contributed by atoms with Crippen LogP contribution in [0, 0.1) is 13.8 Å². The van der Waals surface area contributed by atoms with E-state index in [1.54, 1.807) is 36.1 Å². The van der Waals surface area contributed by atoms with E-state index in [2.05, 4.69) is 10.6 Å². The predicted molar refractivity (Wildman–Crippen MR) is 134 cm³/mol. The van der Waals surface area contributed by atoms with Crippen LogP contribution in [0.15, 0.2) is 78.9 Å². The Balaban J connectivity index is 1.64. The first-order chi connectivity index (χ1) is 17.0. The van der Waals surface area contributed by atoms with Crippen LogP contribution in [0.5, 0.6) is 5.75 Å². The highest BCUT2D eigenvalue weighted by molar-refractivity contribution is 6.04. The van der Waals surface area contributed by atoms with Crippen molar-refractivity contribution in [2.24, 2.45) is 0 Å². The molecule has 0 fully saturated rings. The van der Waals surface area contributed by atoms with E-state index < -0.39 is 12.0 Å². The number of carbonyl (C=O) groups excluding carboxylic acids is 2. The first kappa shape index (κ1) is 22.4. The summed E-state index contributed by atoms with van der Waals surface area (Å²) in [5.74, 6) is 0.204. The molecular formula is C28H26N4O3. The summed E-state index contributed by atoms with van der Waals surface area (Å²) in [4.78, 5) is 26.6. The van der Waals surface area contributed by atoms with Gasteiger partial charge in [-0.15, -0.1) is 0 Å². The maximum atomic E-state index is 13.5. The van der Waals surface area contributed by atoms with E-state index in [-0.39, 0.29) is 11.8 Å². The number of aromatic nitrogens is 2. The van der Waals surface area contributed by atoms with Crippen LogP contribution in [0.4, 0.5) is 5.82 Å². The Bertz CT molecular complexity index is 1390. The van der Waals surface area contributed by atoms with Crippen molar-refractivity contribution in [3.05, 3.63) is 107 Å². The summed E-state index contributed by atoms with van der Waals surface area (Å²) < 4.78 is 7.21. The molecule has 2 heterocycles. The number of hydrogen-bond acceptors (Lipinski definition) is 4. The van der Waals surface area contributed by atoms with Crippen LogP contribution in [0.1, 0.15) is 38.7 Å². The number of aryl methyl sites for hydroxylation is 2. The summed E-state index contributed by atoms with van der Waals surface area (Å²) >= 11 is 0. The van der Waals surface area contributed by atoms with E-state index >= 15 is 0 Å². The molecule has 2 atom stereocenters. The zero-order valence-corrected chi connectivity index (χ0v) is 19.8. The van der Waals surface area contributed by atoms with Gasteiger partial charge in [0.05, 0.1) is 18.5 Å². The zero-order valence-electron chi connectivity index (χ0n) is 19.8. The highest BCUT2D eigenvalue weighted by Gasteiger charge is 2.42. The molecule has 1 aromatic heterocycles. The van der Waals surface area contributed by atoms with Crippen LogP contribution >= 0.6 is 0 Å². The van der Waals surface area contributed by atoms with Crippen molar-refractivity contribution < 1.29 is 14.3 Å². The molecule has 0 saturated heterocycles. The summed E-state index contributed by atoms with van der Waals surface area (Å²) in [6.45, 7) is 3.94. The Morgan fingerprint density at radius 2 is 1.74 bits per heavy atom. The normalized spacial score (nSPS) is 16.8. The van der Waals surface area contributed by atoms with E-state index in [1.165, 1.54) is 0 Å². The van der Waals surface area contributed by atoms with Gasteiger partial charge in [-0.1, -0.05) is 48.0 Å². The zero-order chi connectivity index (χ0) is 24.5. The number of anilines is 1. The van der Waals surface area contributed by atoms with Crippen molar-refractivity contribution in [1.29, 1.82) is 0 Å². The van der Waals surface area contributed by atoms with Crippen LogP contribution in [0.2, 0.25) is 0 Å². The van der Waals surface area contributed by atoms with Gasteiger partial charge in [0.1, 0.15) is 17.6 Å². The molecule has 4 aromatic rings. The van der Waals surface area contributed by atoms with Gasteiger partial charge in [0, 0.05) is 17.0 Å². The van der Waals surface area contributed by atoms with E-state index in [9.17, 15) is 9.59 Å². The summed E-state index contributed by atoms with van der Waals surface area (Å²) in [5.41, 5.74) is 4.95. The van der Waals surface area contributed by atoms with Crippen molar-refractivity contribution in [2.75, 3.05) is 12.4 Å². The summed E-state index contributed by atoms with van der Waals surface area (Å²) in [6, 6.07) is 23.6. The Morgan fingerprint density at radius 3 is 2.46 bits per heavy atom. The number of nitrogens with one attached hydrogen (secondary N) is 2. The Morgan fingerprint density at radius 1 is 1.00 bits per heavy atom. The first-order valence-electron chi connectivity index (χ1n) is 11.4. The molecule has 2 amide bonds. The Labute approximate surface area is 203 Å². The molecule has 2 unspecified atom stereocenters. The fourth-order valence-corrected chi connectivity index (χ4v) is 4.57. The van der Waals surface area contributed by atoms with Crippen LogP contribution < -0.4 is 15.4 Å². The van der Waals surface area contributed by atoms with Gasteiger partial charge in [0.2, 0.25) is 5.91 Å². The van der Waals surface area contributed by atoms with Crippen molar-refractivity contribution in [3.63, 3.8) is 0 Å². The first-order valence-corrected chi connectivity index (χ1v) is 11.4. The SMILES string of the molecule is COc1cccc(C2c3c(C)nn(-c4ccc(C)cc4)c3NC(=O)C2NC(=O)c2ccccc2)c1. The van der Waals surface area contributed by atoms with Gasteiger partial charge in [0.15, 0.2) is 0 Å². The lowest BCUT2D eigenvalue weighted by molar-refractivity contribution is -0.118. The van der Waals surface area contributed by atoms with Gasteiger partial charge in [-0.2, -0.15) is 5.10 Å². The molecular weight excluding hydrogens is 440 g/mol. The Hall–Kier alpha value is -4.39. The maximum absolute atomic E-state index is 13.5. The second-order valence-corrected chi connectivity index (χ2v) is 8.66. The van der Waals surface area contributed by atoms with Gasteiger partial charge in [0.25, 0.3) is 5.91 Å². The minimum Gasteiger partial charge on any atom is -0.497 e. The quantitative estimate of drug-likeness (QED) is 0.457. The minimum atomic E-state index is -0.836. The van der Waals surface area contributed by atoms with Crippen LogP contribution in [0.25, 0.3) is 5.69 Å². The summed E-state index contributed by atoms with van der Waals surface area (Å²) in [6.07, 6.45) is 0. The minimum absolute atomic E-state index is 0.303. The number of hydrogen-bond donors (Lipinski definition) is 2. The number of carbonyl (C=O) groups is 2. The molecule has 0 spiro atoms. The number of rotatable bonds is 5. The van der Waals surface area contributed by atoms with E-state index in [0.29, 0.717) is 17.1 Å². The number of amides is 2. The average Bonchev–Trinajstić information content (AvgIpc) is 3.20. The number of ether oxygens (including phenoxy) is 1. The molecule has 35 heavy (non-hydrogen) atoms. The highest BCUT2D eigenvalue weighted by atomic mass is 16.5. The second kappa shape index (κ2) is 9.10. The molecule has 0 bridgehead atoms. The summed E-state index contributed by atoms with van der Waals surface area (Å²) in [7, 11) is 1.60. The fourth-order valence-electron chi connectivity index (χ4n) is 4.57. The number of fused-ring (bicyclic) bond motifs is 1. The highest BCUT2D eigenvalue weighted by Crippen LogP contribution is 2.41. The molecule has 3 aromatic carbocycles. The lowest BCUT2D eigenvalue weighted by Gasteiger charge is -2.33. The van der Waals surface area contributed by atoms with Crippen molar-refractivity contribution in [1.82, 2.24) is 15.1 Å². The molecule has 7 nitrogen and oxygen atoms in total. The molecule has 7 heteroatoms. The fraction of sp³-hybridized carbons (Fsp3) is 0.179. The third-order valence-corrected chi connectivity index (χ3v) is 6.33. The molecule has 2 N–H and O–H groups in total. The monoisotopic (exact) mass is 466 g/mol. The van der Waals surface area contributed by atoms with Crippen molar-refractivity contribution in [3.8, 4) is 11.4 Å². The lowest BCUT2D eigenvalue weighted by Crippen LogP contribution is -2.50. The van der Waals surface area contributed by atoms with Gasteiger partial charge < -0.3 is 15.4 Å². The van der Waals surface area contributed by atoms with Gasteiger partial charge in [-0.05, 0) is 55.8 Å². The topological polar surface area (TPSA) is 85.2 Å². The molecule has 1 aliphatic heterocycles. The number of benzene rings is 3. The van der Waals surface area contributed by atoms with E-state index in [4.69, 9.17) is 9.84 Å². The standard InChI is InChI=1S/C28H26N4O3/c1-17-12-14-21(15-13-17)32-26-23(18(2)31-32)24(20-10-7-11-22(16-20)35-3)25(28(34)30-26)29-27(33)19-8-5-4-6-9-19/h4-16,24-25H,1-3H3,(H,29,33)(H,30,34). The Kier molecular flexibility index (Phi) is 5.82.